The van der Waals surface area contributed by atoms with Crippen LogP contribution in [0.3, 0.4) is 0 Å². The Morgan fingerprint density at radius 3 is 2.76 bits per heavy atom. The van der Waals surface area contributed by atoms with Crippen molar-refractivity contribution in [3.05, 3.63) is 3.83 Å². The number of imidazole rings is 1. The number of hydrogen-bond donors (Lipinski definition) is 3. The Balaban J connectivity index is 2.77. The minimum atomic E-state index is -1.13. The van der Waals surface area contributed by atoms with E-state index >= 15 is 0 Å². The summed E-state index contributed by atoms with van der Waals surface area (Å²) in [5.74, 6) is 0.242. The minimum absolute atomic E-state index is 0.0111. The first-order valence-corrected chi connectivity index (χ1v) is 5.70. The fraction of sp³-hybridized carbons (Fsp3) is 0.375. The predicted octanol–water partition coefficient (Wildman–Crippen LogP) is -0.495. The second-order valence-corrected chi connectivity index (χ2v) is 4.14. The first-order chi connectivity index (χ1) is 8.08. The predicted molar refractivity (Wildman–Crippen MR) is 67.3 cm³/mol. The second-order valence-electron chi connectivity index (χ2n) is 3.18. The molecule has 1 atom stereocenters. The Hall–Kier alpha value is -1.20. The lowest BCUT2D eigenvalue weighted by molar-refractivity contribution is 0.0399. The van der Waals surface area contributed by atoms with Gasteiger partial charge in [0.25, 0.3) is 0 Å². The third kappa shape index (κ3) is 2.00. The molecule has 0 saturated carbocycles. The fourth-order valence-electron chi connectivity index (χ4n) is 1.43. The molecule has 0 fully saturated rings. The number of anilines is 1. The Bertz CT molecular complexity index is 558. The van der Waals surface area contributed by atoms with Crippen LogP contribution in [0.4, 0.5) is 5.95 Å². The van der Waals surface area contributed by atoms with Gasteiger partial charge in [0, 0.05) is 22.6 Å². The first-order valence-electron chi connectivity index (χ1n) is 4.62. The molecule has 2 heterocycles. The summed E-state index contributed by atoms with van der Waals surface area (Å²) < 4.78 is 6.85. The van der Waals surface area contributed by atoms with Crippen molar-refractivity contribution in [2.75, 3.05) is 19.5 Å². The van der Waals surface area contributed by atoms with E-state index in [0.717, 1.165) is 0 Å². The number of nitrogens with zero attached hydrogens (tertiary/aromatic N) is 4. The third-order valence-corrected chi connectivity index (χ3v) is 2.90. The lowest BCUT2D eigenvalue weighted by Crippen LogP contribution is -2.14. The van der Waals surface area contributed by atoms with E-state index in [1.807, 2.05) is 22.6 Å². The summed E-state index contributed by atoms with van der Waals surface area (Å²) in [7, 11) is 1.44. The van der Waals surface area contributed by atoms with Crippen LogP contribution in [-0.4, -0.2) is 43.4 Å². The maximum absolute atomic E-state index is 9.68. The van der Waals surface area contributed by atoms with E-state index in [9.17, 15) is 5.11 Å². The van der Waals surface area contributed by atoms with Gasteiger partial charge in [0.05, 0.1) is 13.7 Å². The summed E-state index contributed by atoms with van der Waals surface area (Å²) in [5, 5.41) is 18.7. The minimum Gasteiger partial charge on any atom is -0.479 e. The number of aliphatic hydroxyl groups excluding tert-OH is 2. The molecule has 4 N–H and O–H groups in total. The standard InChI is InChI=1S/C8H10IN5O3/c1-17-6-4-5(12-8(10)13-6)14(3(16)2-15)7(9)11-4/h3,15-16H,2H2,1H3,(H2,10,12,13). The van der Waals surface area contributed by atoms with E-state index in [1.165, 1.54) is 11.7 Å². The van der Waals surface area contributed by atoms with E-state index in [1.54, 1.807) is 0 Å². The molecule has 2 aromatic rings. The molecule has 2 rings (SSSR count). The van der Waals surface area contributed by atoms with Crippen LogP contribution in [0.5, 0.6) is 5.88 Å². The molecule has 8 nitrogen and oxygen atoms in total. The quantitative estimate of drug-likeness (QED) is 0.504. The molecular weight excluding hydrogens is 341 g/mol. The Kier molecular flexibility index (Phi) is 3.31. The van der Waals surface area contributed by atoms with Gasteiger partial charge in [-0.3, -0.25) is 4.57 Å². The van der Waals surface area contributed by atoms with Crippen LogP contribution >= 0.6 is 22.6 Å². The van der Waals surface area contributed by atoms with E-state index in [4.69, 9.17) is 15.6 Å². The number of rotatable bonds is 3. The van der Waals surface area contributed by atoms with Gasteiger partial charge < -0.3 is 20.7 Å². The molecule has 0 aliphatic heterocycles. The van der Waals surface area contributed by atoms with Crippen molar-refractivity contribution in [1.29, 1.82) is 0 Å². The molecule has 1 unspecified atom stereocenters. The van der Waals surface area contributed by atoms with Crippen LogP contribution in [0.15, 0.2) is 0 Å². The monoisotopic (exact) mass is 351 g/mol. The van der Waals surface area contributed by atoms with Crippen LogP contribution in [0.1, 0.15) is 6.23 Å². The molecule has 17 heavy (non-hydrogen) atoms. The van der Waals surface area contributed by atoms with Gasteiger partial charge in [0.1, 0.15) is 0 Å². The van der Waals surface area contributed by atoms with Gasteiger partial charge in [-0.05, 0) is 0 Å². The highest BCUT2D eigenvalue weighted by Gasteiger charge is 2.20. The molecule has 92 valence electrons. The third-order valence-electron chi connectivity index (χ3n) is 2.14. The van der Waals surface area contributed by atoms with E-state index in [2.05, 4.69) is 15.0 Å². The summed E-state index contributed by atoms with van der Waals surface area (Å²) in [5.41, 5.74) is 6.24. The van der Waals surface area contributed by atoms with Gasteiger partial charge in [-0.25, -0.2) is 4.98 Å². The van der Waals surface area contributed by atoms with Gasteiger partial charge in [0.2, 0.25) is 11.8 Å². The summed E-state index contributed by atoms with van der Waals surface area (Å²) in [6, 6.07) is 0. The number of aromatic nitrogens is 4. The van der Waals surface area contributed by atoms with Crippen molar-refractivity contribution < 1.29 is 14.9 Å². The van der Waals surface area contributed by atoms with Gasteiger partial charge in [-0.2, -0.15) is 9.97 Å². The second kappa shape index (κ2) is 4.58. The van der Waals surface area contributed by atoms with Crippen LogP contribution in [-0.2, 0) is 0 Å². The molecule has 9 heteroatoms. The molecule has 0 saturated heterocycles. The first kappa shape index (κ1) is 12.3. The van der Waals surface area contributed by atoms with Gasteiger partial charge in [0.15, 0.2) is 21.2 Å². The fourth-order valence-corrected chi connectivity index (χ4v) is 2.22. The highest BCUT2D eigenvalue weighted by molar-refractivity contribution is 14.1. The highest BCUT2D eigenvalue weighted by atomic mass is 127. The maximum atomic E-state index is 9.68. The zero-order valence-electron chi connectivity index (χ0n) is 8.83. The molecule has 0 radical (unpaired) electrons. The summed E-state index contributed by atoms with van der Waals surface area (Å²) in [6.07, 6.45) is -1.13. The van der Waals surface area contributed by atoms with Gasteiger partial charge in [-0.15, -0.1) is 0 Å². The number of fused-ring (bicyclic) bond motifs is 1. The van der Waals surface area contributed by atoms with Crippen molar-refractivity contribution in [2.45, 2.75) is 6.23 Å². The number of halogens is 1. The summed E-state index contributed by atoms with van der Waals surface area (Å²) in [6.45, 7) is -0.451. The van der Waals surface area contributed by atoms with Crippen LogP contribution in [0.25, 0.3) is 11.2 Å². The average molecular weight is 351 g/mol. The Morgan fingerprint density at radius 1 is 1.47 bits per heavy atom. The van der Waals surface area contributed by atoms with Gasteiger partial charge >= 0.3 is 0 Å². The molecule has 0 spiro atoms. The van der Waals surface area contributed by atoms with Crippen LogP contribution in [0.2, 0.25) is 0 Å². The largest absolute Gasteiger partial charge is 0.479 e. The SMILES string of the molecule is COc1nc(N)nc2c1nc(I)n2C(O)CO. The Morgan fingerprint density at radius 2 is 2.18 bits per heavy atom. The molecule has 0 amide bonds. The zero-order chi connectivity index (χ0) is 12.6. The summed E-state index contributed by atoms with van der Waals surface area (Å²) >= 11 is 1.91. The van der Waals surface area contributed by atoms with Crippen molar-refractivity contribution in [3.63, 3.8) is 0 Å². The van der Waals surface area contributed by atoms with E-state index in [0.29, 0.717) is 15.0 Å². The van der Waals surface area contributed by atoms with Crippen molar-refractivity contribution in [1.82, 2.24) is 19.5 Å². The zero-order valence-corrected chi connectivity index (χ0v) is 11.0. The lowest BCUT2D eigenvalue weighted by atomic mass is 10.5. The van der Waals surface area contributed by atoms with Gasteiger partial charge in [-0.1, -0.05) is 0 Å². The smallest absolute Gasteiger partial charge is 0.247 e. The number of nitrogen functional groups attached to an aromatic ring is 1. The van der Waals surface area contributed by atoms with Crippen LogP contribution in [0, 0.1) is 3.83 Å². The van der Waals surface area contributed by atoms with E-state index in [-0.39, 0.29) is 11.8 Å². The number of aliphatic hydroxyl groups is 2. The molecule has 0 aromatic carbocycles. The number of methoxy groups -OCH3 is 1. The Labute approximate surface area is 110 Å². The lowest BCUT2D eigenvalue weighted by Gasteiger charge is -2.10. The average Bonchev–Trinajstić information content (AvgIpc) is 2.63. The maximum Gasteiger partial charge on any atom is 0.247 e. The molecular formula is C8H10IN5O3. The van der Waals surface area contributed by atoms with E-state index < -0.39 is 12.8 Å². The number of hydrogen-bond acceptors (Lipinski definition) is 7. The topological polar surface area (TPSA) is 119 Å². The molecule has 2 aromatic heterocycles. The number of ether oxygens (including phenoxy) is 1. The normalized spacial score (nSPS) is 12.9. The molecule has 0 aliphatic carbocycles. The number of nitrogens with two attached hydrogens (primary N) is 1. The van der Waals surface area contributed by atoms with Crippen molar-refractivity contribution in [3.8, 4) is 5.88 Å². The van der Waals surface area contributed by atoms with Crippen LogP contribution < -0.4 is 10.5 Å². The molecule has 0 bridgehead atoms. The highest BCUT2D eigenvalue weighted by Crippen LogP contribution is 2.26. The summed E-state index contributed by atoms with van der Waals surface area (Å²) in [4.78, 5) is 12.0. The molecule has 0 aliphatic rings. The van der Waals surface area contributed by atoms with Crippen molar-refractivity contribution in [2.24, 2.45) is 0 Å². The van der Waals surface area contributed by atoms with Crippen molar-refractivity contribution >= 4 is 39.7 Å².